The number of benzene rings is 1. The Bertz CT molecular complexity index is 533. The van der Waals surface area contributed by atoms with Gasteiger partial charge in [-0.1, -0.05) is 6.92 Å². The normalized spacial score (nSPS) is 22.6. The lowest BCUT2D eigenvalue weighted by Gasteiger charge is -2.34. The van der Waals surface area contributed by atoms with E-state index in [9.17, 15) is 4.39 Å². The Hall–Kier alpha value is -1.98. The van der Waals surface area contributed by atoms with E-state index in [0.717, 1.165) is 24.4 Å². The lowest BCUT2D eigenvalue weighted by Crippen LogP contribution is -2.34. The summed E-state index contributed by atoms with van der Waals surface area (Å²) in [6.45, 7) is 2.20. The topological polar surface area (TPSA) is 55.6 Å². The van der Waals surface area contributed by atoms with Crippen LogP contribution in [0.3, 0.4) is 0 Å². The van der Waals surface area contributed by atoms with E-state index < -0.39 is 0 Å². The van der Waals surface area contributed by atoms with Crippen molar-refractivity contribution in [2.45, 2.75) is 25.8 Å². The standard InChI is InChI=1S/C12H14FN5/c1-8-4-9(5-8)15-12-6-10(2-3-11(12)13)18-7-14-16-17-18/h2-3,6-9,15H,4-5H2,1H3. The van der Waals surface area contributed by atoms with Crippen LogP contribution in [-0.2, 0) is 0 Å². The number of hydrogen-bond acceptors (Lipinski definition) is 4. The van der Waals surface area contributed by atoms with Gasteiger partial charge in [0.1, 0.15) is 12.1 Å². The molecule has 1 aliphatic carbocycles. The number of nitrogens with one attached hydrogen (secondary N) is 1. The fourth-order valence-corrected chi connectivity index (χ4v) is 2.29. The Morgan fingerprint density at radius 1 is 1.39 bits per heavy atom. The molecule has 0 spiro atoms. The predicted molar refractivity (Wildman–Crippen MR) is 64.9 cm³/mol. The molecule has 0 atom stereocenters. The predicted octanol–water partition coefficient (Wildman–Crippen LogP) is 2.01. The monoisotopic (exact) mass is 247 g/mol. The molecule has 0 radical (unpaired) electrons. The molecule has 1 N–H and O–H groups in total. The number of anilines is 1. The molecular formula is C12H14FN5. The third-order valence-electron chi connectivity index (χ3n) is 3.30. The highest BCUT2D eigenvalue weighted by molar-refractivity contribution is 5.52. The minimum atomic E-state index is -0.244. The summed E-state index contributed by atoms with van der Waals surface area (Å²) in [6, 6.07) is 5.19. The minimum absolute atomic E-state index is 0.244. The lowest BCUT2D eigenvalue weighted by atomic mass is 9.82. The molecule has 1 aromatic heterocycles. The molecule has 3 rings (SSSR count). The maximum atomic E-state index is 13.7. The van der Waals surface area contributed by atoms with Gasteiger partial charge in [-0.2, -0.15) is 0 Å². The number of halogens is 1. The molecule has 6 heteroatoms. The average molecular weight is 247 g/mol. The summed E-state index contributed by atoms with van der Waals surface area (Å²) in [4.78, 5) is 0. The van der Waals surface area contributed by atoms with Crippen molar-refractivity contribution in [2.24, 2.45) is 5.92 Å². The van der Waals surface area contributed by atoms with Crippen LogP contribution in [0.15, 0.2) is 24.5 Å². The van der Waals surface area contributed by atoms with Crippen molar-refractivity contribution in [2.75, 3.05) is 5.32 Å². The molecule has 1 aromatic carbocycles. The maximum Gasteiger partial charge on any atom is 0.146 e. The zero-order chi connectivity index (χ0) is 12.5. The number of tetrazole rings is 1. The second kappa shape index (κ2) is 4.36. The molecule has 0 saturated heterocycles. The van der Waals surface area contributed by atoms with Crippen LogP contribution in [0.5, 0.6) is 0 Å². The van der Waals surface area contributed by atoms with E-state index in [0.29, 0.717) is 11.7 Å². The zero-order valence-electron chi connectivity index (χ0n) is 10.0. The van der Waals surface area contributed by atoms with Crippen molar-refractivity contribution in [3.05, 3.63) is 30.3 Å². The molecule has 0 amide bonds. The third-order valence-corrected chi connectivity index (χ3v) is 3.30. The molecule has 1 aliphatic rings. The Morgan fingerprint density at radius 3 is 2.89 bits per heavy atom. The smallest absolute Gasteiger partial charge is 0.146 e. The molecule has 0 unspecified atom stereocenters. The highest BCUT2D eigenvalue weighted by atomic mass is 19.1. The van der Waals surface area contributed by atoms with Crippen molar-refractivity contribution < 1.29 is 4.39 Å². The highest BCUT2D eigenvalue weighted by Gasteiger charge is 2.25. The molecule has 18 heavy (non-hydrogen) atoms. The molecular weight excluding hydrogens is 233 g/mol. The second-order valence-electron chi connectivity index (χ2n) is 4.84. The van der Waals surface area contributed by atoms with Gasteiger partial charge in [-0.15, -0.1) is 5.10 Å². The number of rotatable bonds is 3. The summed E-state index contributed by atoms with van der Waals surface area (Å²) < 4.78 is 15.2. The van der Waals surface area contributed by atoms with E-state index in [-0.39, 0.29) is 5.82 Å². The van der Waals surface area contributed by atoms with Crippen LogP contribution in [0.25, 0.3) is 5.69 Å². The zero-order valence-corrected chi connectivity index (χ0v) is 10.0. The molecule has 1 heterocycles. The fourth-order valence-electron chi connectivity index (χ4n) is 2.29. The first-order chi connectivity index (χ1) is 8.72. The molecule has 0 aliphatic heterocycles. The van der Waals surface area contributed by atoms with Gasteiger partial charge in [-0.05, 0) is 47.4 Å². The highest BCUT2D eigenvalue weighted by Crippen LogP contribution is 2.30. The summed E-state index contributed by atoms with van der Waals surface area (Å²) in [7, 11) is 0. The Morgan fingerprint density at radius 2 is 2.22 bits per heavy atom. The molecule has 1 fully saturated rings. The van der Waals surface area contributed by atoms with Gasteiger partial charge < -0.3 is 5.32 Å². The summed E-state index contributed by atoms with van der Waals surface area (Å²) in [5.74, 6) is 0.486. The molecule has 2 aromatic rings. The van der Waals surface area contributed by atoms with Gasteiger partial charge in [-0.3, -0.25) is 0 Å². The van der Waals surface area contributed by atoms with Gasteiger partial charge in [0.05, 0.1) is 11.4 Å². The first-order valence-corrected chi connectivity index (χ1v) is 6.02. The molecule has 0 bridgehead atoms. The second-order valence-corrected chi connectivity index (χ2v) is 4.84. The van der Waals surface area contributed by atoms with Gasteiger partial charge in [0.25, 0.3) is 0 Å². The van der Waals surface area contributed by atoms with Crippen molar-refractivity contribution in [1.29, 1.82) is 0 Å². The quantitative estimate of drug-likeness (QED) is 0.901. The number of hydrogen-bond donors (Lipinski definition) is 1. The van der Waals surface area contributed by atoms with E-state index in [2.05, 4.69) is 27.8 Å². The first kappa shape index (κ1) is 11.1. The van der Waals surface area contributed by atoms with E-state index in [4.69, 9.17) is 0 Å². The third kappa shape index (κ3) is 2.05. The van der Waals surface area contributed by atoms with Crippen molar-refractivity contribution in [1.82, 2.24) is 20.2 Å². The van der Waals surface area contributed by atoms with Crippen LogP contribution >= 0.6 is 0 Å². The first-order valence-electron chi connectivity index (χ1n) is 6.02. The van der Waals surface area contributed by atoms with Gasteiger partial charge in [-0.25, -0.2) is 9.07 Å². The SMILES string of the molecule is CC1CC(Nc2cc(-n3cnnn3)ccc2F)C1. The van der Waals surface area contributed by atoms with Crippen LogP contribution in [0, 0.1) is 11.7 Å². The summed E-state index contributed by atoms with van der Waals surface area (Å²) in [5.41, 5.74) is 1.26. The van der Waals surface area contributed by atoms with Crippen molar-refractivity contribution in [3.63, 3.8) is 0 Å². The van der Waals surface area contributed by atoms with E-state index in [1.165, 1.54) is 17.1 Å². The average Bonchev–Trinajstić information content (AvgIpc) is 2.83. The summed E-state index contributed by atoms with van der Waals surface area (Å²) in [5, 5.41) is 14.1. The fraction of sp³-hybridized carbons (Fsp3) is 0.417. The lowest BCUT2D eigenvalue weighted by molar-refractivity contribution is 0.308. The van der Waals surface area contributed by atoms with Crippen LogP contribution in [-0.4, -0.2) is 26.2 Å². The molecule has 5 nitrogen and oxygen atoms in total. The van der Waals surface area contributed by atoms with Crippen molar-refractivity contribution >= 4 is 5.69 Å². The van der Waals surface area contributed by atoms with Crippen LogP contribution in [0.2, 0.25) is 0 Å². The molecule has 1 saturated carbocycles. The van der Waals surface area contributed by atoms with E-state index >= 15 is 0 Å². The largest absolute Gasteiger partial charge is 0.380 e. The van der Waals surface area contributed by atoms with Crippen LogP contribution in [0.4, 0.5) is 10.1 Å². The van der Waals surface area contributed by atoms with Gasteiger partial charge in [0.2, 0.25) is 0 Å². The Kier molecular flexibility index (Phi) is 2.70. The van der Waals surface area contributed by atoms with Gasteiger partial charge in [0, 0.05) is 6.04 Å². The van der Waals surface area contributed by atoms with Crippen LogP contribution in [0.1, 0.15) is 19.8 Å². The van der Waals surface area contributed by atoms with E-state index in [1.807, 2.05) is 0 Å². The van der Waals surface area contributed by atoms with Gasteiger partial charge in [0.15, 0.2) is 0 Å². The minimum Gasteiger partial charge on any atom is -0.380 e. The Labute approximate surface area is 104 Å². The van der Waals surface area contributed by atoms with Crippen LogP contribution < -0.4 is 5.32 Å². The van der Waals surface area contributed by atoms with E-state index in [1.54, 1.807) is 12.1 Å². The Balaban J connectivity index is 1.82. The summed E-state index contributed by atoms with van der Waals surface area (Å²) >= 11 is 0. The number of nitrogens with zero attached hydrogens (tertiary/aromatic N) is 4. The van der Waals surface area contributed by atoms with Gasteiger partial charge >= 0.3 is 0 Å². The van der Waals surface area contributed by atoms with Crippen molar-refractivity contribution in [3.8, 4) is 5.69 Å². The number of aromatic nitrogens is 4. The maximum absolute atomic E-state index is 13.7. The molecule has 94 valence electrons. The summed E-state index contributed by atoms with van der Waals surface area (Å²) in [6.07, 6.45) is 3.67.